The minimum atomic E-state index is -0.379. The highest BCUT2D eigenvalue weighted by Crippen LogP contribution is 2.26. The highest BCUT2D eigenvalue weighted by Gasteiger charge is 2.36. The van der Waals surface area contributed by atoms with Crippen LogP contribution in [0.15, 0.2) is 54.7 Å². The molecule has 1 aromatic heterocycles. The van der Waals surface area contributed by atoms with Crippen LogP contribution in [0.2, 0.25) is 5.02 Å². The number of carbonyl (C=O) groups is 1. The molecule has 1 aliphatic heterocycles. The Bertz CT molecular complexity index is 952. The molecule has 4 rings (SSSR count). The van der Waals surface area contributed by atoms with Gasteiger partial charge in [0.25, 0.3) is 5.91 Å². The lowest BCUT2D eigenvalue weighted by Crippen LogP contribution is -2.32. The van der Waals surface area contributed by atoms with Gasteiger partial charge in [-0.3, -0.25) is 9.69 Å². The van der Waals surface area contributed by atoms with Gasteiger partial charge in [-0.2, -0.15) is 0 Å². The van der Waals surface area contributed by atoms with Crippen LogP contribution in [0.4, 0.5) is 5.69 Å². The molecule has 0 saturated carbocycles. The summed E-state index contributed by atoms with van der Waals surface area (Å²) in [5.74, 6) is -0.0625. The number of hydrogen-bond donors (Lipinski definition) is 2. The second-order valence-corrected chi connectivity index (χ2v) is 6.54. The molecular formula is C18H14ClN3OS. The van der Waals surface area contributed by atoms with Crippen LogP contribution in [0.1, 0.15) is 5.56 Å². The number of hydrogen-bond acceptors (Lipinski definition) is 2. The molecule has 2 heterocycles. The van der Waals surface area contributed by atoms with Crippen LogP contribution in [0.5, 0.6) is 0 Å². The van der Waals surface area contributed by atoms with E-state index in [0.717, 1.165) is 16.5 Å². The molecule has 1 unspecified atom stereocenters. The van der Waals surface area contributed by atoms with E-state index in [4.69, 9.17) is 23.8 Å². The van der Waals surface area contributed by atoms with E-state index in [1.807, 2.05) is 36.5 Å². The Kier molecular flexibility index (Phi) is 3.75. The maximum Gasteiger partial charge on any atom is 0.256 e. The largest absolute Gasteiger partial charge is 0.361 e. The number of nitrogens with one attached hydrogen (secondary N) is 2. The predicted octanol–water partition coefficient (Wildman–Crippen LogP) is 3.65. The normalized spacial score (nSPS) is 17.5. The van der Waals surface area contributed by atoms with Gasteiger partial charge >= 0.3 is 0 Å². The maximum atomic E-state index is 12.8. The van der Waals surface area contributed by atoms with Crippen molar-refractivity contribution in [2.24, 2.45) is 0 Å². The summed E-state index contributed by atoms with van der Waals surface area (Å²) >= 11 is 11.4. The molecule has 0 radical (unpaired) electrons. The number of nitrogens with zero attached hydrogens (tertiary/aromatic N) is 1. The molecule has 1 atom stereocenters. The van der Waals surface area contributed by atoms with Crippen molar-refractivity contribution in [1.82, 2.24) is 10.3 Å². The zero-order valence-corrected chi connectivity index (χ0v) is 14.2. The summed E-state index contributed by atoms with van der Waals surface area (Å²) in [5, 5.41) is 5.23. The predicted molar refractivity (Wildman–Crippen MR) is 100 cm³/mol. The first kappa shape index (κ1) is 15.2. The zero-order valence-electron chi connectivity index (χ0n) is 12.6. The number of para-hydroxylation sites is 1. The molecule has 1 amide bonds. The molecule has 2 aromatic carbocycles. The average molecular weight is 356 g/mol. The minimum Gasteiger partial charge on any atom is -0.361 e. The van der Waals surface area contributed by atoms with Gasteiger partial charge in [-0.05, 0) is 42.0 Å². The van der Waals surface area contributed by atoms with Crippen molar-refractivity contribution < 1.29 is 4.79 Å². The number of aromatic nitrogens is 1. The van der Waals surface area contributed by atoms with Gasteiger partial charge in [-0.15, -0.1) is 0 Å². The van der Waals surface area contributed by atoms with Gasteiger partial charge in [0.15, 0.2) is 5.11 Å². The Morgan fingerprint density at radius 2 is 2.00 bits per heavy atom. The molecule has 3 aromatic rings. The smallest absolute Gasteiger partial charge is 0.256 e. The van der Waals surface area contributed by atoms with Crippen LogP contribution < -0.4 is 10.2 Å². The number of halogens is 1. The van der Waals surface area contributed by atoms with Crippen molar-refractivity contribution in [2.45, 2.75) is 12.5 Å². The number of anilines is 1. The summed E-state index contributed by atoms with van der Waals surface area (Å²) in [5.41, 5.74) is 2.84. The Morgan fingerprint density at radius 1 is 1.17 bits per heavy atom. The molecule has 0 aliphatic carbocycles. The van der Waals surface area contributed by atoms with Gasteiger partial charge in [-0.25, -0.2) is 0 Å². The van der Waals surface area contributed by atoms with Crippen molar-refractivity contribution in [3.8, 4) is 0 Å². The first-order valence-electron chi connectivity index (χ1n) is 7.58. The fourth-order valence-electron chi connectivity index (χ4n) is 3.05. The topological polar surface area (TPSA) is 48.1 Å². The first-order chi connectivity index (χ1) is 11.6. The quantitative estimate of drug-likeness (QED) is 0.705. The average Bonchev–Trinajstić information content (AvgIpc) is 3.09. The standard InChI is InChI=1S/C18H14ClN3OS/c19-12-4-3-5-13(9-12)22-17(23)16(21-18(22)24)8-11-10-20-15-7-2-1-6-14(11)15/h1-7,9-10,16,20H,8H2,(H,21,24). The van der Waals surface area contributed by atoms with E-state index in [1.165, 1.54) is 4.90 Å². The van der Waals surface area contributed by atoms with Crippen molar-refractivity contribution in [2.75, 3.05) is 4.90 Å². The lowest BCUT2D eigenvalue weighted by Gasteiger charge is -2.15. The second kappa shape index (κ2) is 5.92. The summed E-state index contributed by atoms with van der Waals surface area (Å²) in [6, 6.07) is 14.8. The van der Waals surface area contributed by atoms with Gasteiger partial charge in [0.05, 0.1) is 5.69 Å². The lowest BCUT2D eigenvalue weighted by atomic mass is 10.0. The van der Waals surface area contributed by atoms with Gasteiger partial charge in [-0.1, -0.05) is 35.9 Å². The molecule has 24 heavy (non-hydrogen) atoms. The number of benzene rings is 2. The monoisotopic (exact) mass is 355 g/mol. The van der Waals surface area contributed by atoms with Gasteiger partial charge < -0.3 is 10.3 Å². The van der Waals surface area contributed by atoms with Crippen molar-refractivity contribution >= 4 is 51.4 Å². The zero-order chi connectivity index (χ0) is 16.7. The van der Waals surface area contributed by atoms with Crippen LogP contribution in [-0.4, -0.2) is 22.0 Å². The van der Waals surface area contributed by atoms with Gasteiger partial charge in [0.2, 0.25) is 0 Å². The summed E-state index contributed by atoms with van der Waals surface area (Å²) in [6.07, 6.45) is 2.52. The van der Waals surface area contributed by atoms with Crippen LogP contribution in [0.25, 0.3) is 10.9 Å². The van der Waals surface area contributed by atoms with Crippen molar-refractivity contribution in [3.63, 3.8) is 0 Å². The molecule has 1 saturated heterocycles. The Labute approximate surface area is 149 Å². The third-order valence-corrected chi connectivity index (χ3v) is 4.72. The SMILES string of the molecule is O=C1C(Cc2c[nH]c3ccccc23)NC(=S)N1c1cccc(Cl)c1. The molecule has 4 nitrogen and oxygen atoms in total. The summed E-state index contributed by atoms with van der Waals surface area (Å²) < 4.78 is 0. The minimum absolute atomic E-state index is 0.0625. The molecule has 0 bridgehead atoms. The first-order valence-corrected chi connectivity index (χ1v) is 8.37. The number of fused-ring (bicyclic) bond motifs is 1. The fraction of sp³-hybridized carbons (Fsp3) is 0.111. The van der Waals surface area contributed by atoms with E-state index in [2.05, 4.69) is 10.3 Å². The number of aromatic amines is 1. The Balaban J connectivity index is 1.62. The third-order valence-electron chi connectivity index (χ3n) is 4.18. The number of thiocarbonyl (C=S) groups is 1. The summed E-state index contributed by atoms with van der Waals surface area (Å²) in [7, 11) is 0. The molecule has 2 N–H and O–H groups in total. The van der Waals surface area contributed by atoms with E-state index < -0.39 is 0 Å². The molecule has 6 heteroatoms. The molecule has 0 spiro atoms. The van der Waals surface area contributed by atoms with Crippen LogP contribution in [0, 0.1) is 0 Å². The number of carbonyl (C=O) groups excluding carboxylic acids is 1. The molecule has 1 aliphatic rings. The van der Waals surface area contributed by atoms with E-state index in [9.17, 15) is 4.79 Å². The van der Waals surface area contributed by atoms with E-state index in [0.29, 0.717) is 22.2 Å². The van der Waals surface area contributed by atoms with Gasteiger partial charge in [0, 0.05) is 28.5 Å². The van der Waals surface area contributed by atoms with Crippen LogP contribution in [-0.2, 0) is 11.2 Å². The Hall–Kier alpha value is -2.37. The maximum absolute atomic E-state index is 12.8. The highest BCUT2D eigenvalue weighted by molar-refractivity contribution is 7.80. The number of H-pyrrole nitrogens is 1. The third kappa shape index (κ3) is 2.56. The number of rotatable bonds is 3. The number of amides is 1. The molecule has 1 fully saturated rings. The lowest BCUT2D eigenvalue weighted by molar-refractivity contribution is -0.118. The van der Waals surface area contributed by atoms with E-state index in [-0.39, 0.29) is 11.9 Å². The molecule has 120 valence electrons. The van der Waals surface area contributed by atoms with Crippen molar-refractivity contribution in [3.05, 3.63) is 65.3 Å². The highest BCUT2D eigenvalue weighted by atomic mass is 35.5. The van der Waals surface area contributed by atoms with Crippen molar-refractivity contribution in [1.29, 1.82) is 0 Å². The van der Waals surface area contributed by atoms with E-state index >= 15 is 0 Å². The van der Waals surface area contributed by atoms with Crippen LogP contribution >= 0.6 is 23.8 Å². The van der Waals surface area contributed by atoms with Crippen LogP contribution in [0.3, 0.4) is 0 Å². The Morgan fingerprint density at radius 3 is 2.83 bits per heavy atom. The second-order valence-electron chi connectivity index (χ2n) is 5.72. The molecular weight excluding hydrogens is 342 g/mol. The summed E-state index contributed by atoms with van der Waals surface area (Å²) in [6.45, 7) is 0. The summed E-state index contributed by atoms with van der Waals surface area (Å²) in [4.78, 5) is 17.6. The van der Waals surface area contributed by atoms with Gasteiger partial charge in [0.1, 0.15) is 6.04 Å². The fourth-order valence-corrected chi connectivity index (χ4v) is 3.57. The van der Waals surface area contributed by atoms with E-state index in [1.54, 1.807) is 18.2 Å².